The highest BCUT2D eigenvalue weighted by Gasteiger charge is 2.19. The van der Waals surface area contributed by atoms with Crippen molar-refractivity contribution in [2.45, 2.75) is 26.7 Å². The molecule has 0 bridgehead atoms. The Hall–Kier alpha value is -2.57. The zero-order chi connectivity index (χ0) is 18.0. The summed E-state index contributed by atoms with van der Waals surface area (Å²) in [4.78, 5) is 24.5. The number of carbonyl (C=O) groups excluding carboxylic acids is 1. The van der Waals surface area contributed by atoms with Crippen LogP contribution in [0.25, 0.3) is 0 Å². The summed E-state index contributed by atoms with van der Waals surface area (Å²) in [5.74, 6) is -2.22. The quantitative estimate of drug-likeness (QED) is 0.932. The molecule has 128 valence electrons. The highest BCUT2D eigenvalue weighted by atomic mass is 19.1. The first kappa shape index (κ1) is 17.8. The van der Waals surface area contributed by atoms with Crippen molar-refractivity contribution >= 4 is 5.91 Å². The Morgan fingerprint density at radius 3 is 2.62 bits per heavy atom. The highest BCUT2D eigenvalue weighted by molar-refractivity contribution is 5.95. The fraction of sp³-hybridized carbons (Fsp3) is 0.353. The van der Waals surface area contributed by atoms with Crippen LogP contribution in [0.5, 0.6) is 0 Å². The van der Waals surface area contributed by atoms with Gasteiger partial charge >= 0.3 is 0 Å². The molecule has 0 saturated carbocycles. The molecule has 0 fully saturated rings. The van der Waals surface area contributed by atoms with E-state index in [1.54, 1.807) is 20.8 Å². The van der Waals surface area contributed by atoms with Crippen molar-refractivity contribution in [2.24, 2.45) is 7.05 Å². The van der Waals surface area contributed by atoms with Crippen molar-refractivity contribution in [3.63, 3.8) is 0 Å². The normalized spacial score (nSPS) is 12.1. The van der Waals surface area contributed by atoms with E-state index in [0.717, 1.165) is 10.7 Å². The number of hydrogen-bond donors (Lipinski definition) is 1. The van der Waals surface area contributed by atoms with Crippen LogP contribution in [0.2, 0.25) is 0 Å². The van der Waals surface area contributed by atoms with Crippen LogP contribution >= 0.6 is 0 Å². The third-order valence-corrected chi connectivity index (χ3v) is 4.01. The van der Waals surface area contributed by atoms with E-state index in [4.69, 9.17) is 0 Å². The molecule has 2 aromatic rings. The molecule has 1 atom stereocenters. The summed E-state index contributed by atoms with van der Waals surface area (Å²) in [5, 5.41) is 6.65. The summed E-state index contributed by atoms with van der Waals surface area (Å²) in [7, 11) is 1.47. The maximum atomic E-state index is 13.8. The Labute approximate surface area is 138 Å². The van der Waals surface area contributed by atoms with Crippen molar-refractivity contribution in [1.29, 1.82) is 0 Å². The third kappa shape index (κ3) is 3.50. The molecule has 0 saturated heterocycles. The van der Waals surface area contributed by atoms with Crippen molar-refractivity contribution < 1.29 is 13.6 Å². The van der Waals surface area contributed by atoms with Crippen molar-refractivity contribution in [2.75, 3.05) is 6.54 Å². The van der Waals surface area contributed by atoms with Gasteiger partial charge in [0.05, 0.1) is 5.69 Å². The number of amides is 1. The van der Waals surface area contributed by atoms with Gasteiger partial charge in [-0.2, -0.15) is 5.10 Å². The number of halogens is 2. The number of benzene rings is 1. The standard InChI is InChI=1S/C17H19F2N3O2/c1-9(13-6-5-12(18)7-14(13)19)8-20-16(23)15-10(2)11(3)21-22(4)17(15)24/h5-7,9H,8H2,1-4H3,(H,20,23)/t9-/m1/s1. The van der Waals surface area contributed by atoms with E-state index in [-0.39, 0.29) is 18.0 Å². The molecular weight excluding hydrogens is 316 g/mol. The van der Waals surface area contributed by atoms with Crippen LogP contribution in [0.4, 0.5) is 8.78 Å². The molecule has 0 aliphatic carbocycles. The van der Waals surface area contributed by atoms with Gasteiger partial charge < -0.3 is 5.32 Å². The summed E-state index contributed by atoms with van der Waals surface area (Å²) < 4.78 is 27.8. The van der Waals surface area contributed by atoms with Gasteiger partial charge in [0.15, 0.2) is 0 Å². The highest BCUT2D eigenvalue weighted by Crippen LogP contribution is 2.19. The smallest absolute Gasteiger partial charge is 0.279 e. The van der Waals surface area contributed by atoms with Gasteiger partial charge in [0.2, 0.25) is 0 Å². The van der Waals surface area contributed by atoms with Crippen molar-refractivity contribution in [1.82, 2.24) is 15.1 Å². The monoisotopic (exact) mass is 335 g/mol. The molecule has 24 heavy (non-hydrogen) atoms. The molecule has 1 aromatic carbocycles. The molecule has 0 unspecified atom stereocenters. The van der Waals surface area contributed by atoms with Crippen LogP contribution in [0, 0.1) is 25.5 Å². The van der Waals surface area contributed by atoms with Crippen LogP contribution < -0.4 is 10.9 Å². The van der Waals surface area contributed by atoms with Crippen LogP contribution in [-0.4, -0.2) is 22.2 Å². The largest absolute Gasteiger partial charge is 0.351 e. The first-order chi connectivity index (χ1) is 11.2. The number of hydrogen-bond acceptors (Lipinski definition) is 3. The third-order valence-electron chi connectivity index (χ3n) is 4.01. The maximum Gasteiger partial charge on any atom is 0.279 e. The van der Waals surface area contributed by atoms with Gasteiger partial charge in [-0.15, -0.1) is 0 Å². The van der Waals surface area contributed by atoms with E-state index in [2.05, 4.69) is 10.4 Å². The lowest BCUT2D eigenvalue weighted by Crippen LogP contribution is -2.36. The second-order valence-electron chi connectivity index (χ2n) is 5.79. The zero-order valence-electron chi connectivity index (χ0n) is 14.0. The maximum absolute atomic E-state index is 13.8. The van der Waals surface area contributed by atoms with E-state index < -0.39 is 23.1 Å². The van der Waals surface area contributed by atoms with Gasteiger partial charge in [0, 0.05) is 25.6 Å². The number of nitrogens with one attached hydrogen (secondary N) is 1. The van der Waals surface area contributed by atoms with E-state index in [1.165, 1.54) is 19.2 Å². The number of carbonyl (C=O) groups is 1. The average molecular weight is 335 g/mol. The molecule has 0 spiro atoms. The molecule has 1 amide bonds. The Kier molecular flexibility index (Phi) is 5.11. The molecular formula is C17H19F2N3O2. The predicted molar refractivity (Wildman–Crippen MR) is 86.1 cm³/mol. The molecule has 1 heterocycles. The van der Waals surface area contributed by atoms with Gasteiger partial charge in [-0.1, -0.05) is 13.0 Å². The molecule has 1 aromatic heterocycles. The summed E-state index contributed by atoms with van der Waals surface area (Å²) in [6.07, 6.45) is 0. The Morgan fingerprint density at radius 2 is 2.00 bits per heavy atom. The second-order valence-corrected chi connectivity index (χ2v) is 5.79. The van der Waals surface area contributed by atoms with Gasteiger partial charge in [-0.3, -0.25) is 9.59 Å². The molecule has 0 aliphatic rings. The summed E-state index contributed by atoms with van der Waals surface area (Å²) >= 11 is 0. The van der Waals surface area contributed by atoms with Gasteiger partial charge in [-0.05, 0) is 31.0 Å². The van der Waals surface area contributed by atoms with Crippen LogP contribution in [-0.2, 0) is 7.05 Å². The number of rotatable bonds is 4. The SMILES string of the molecule is Cc1nn(C)c(=O)c(C(=O)NC[C@@H](C)c2ccc(F)cc2F)c1C. The molecule has 0 radical (unpaired) electrons. The van der Waals surface area contributed by atoms with Crippen LogP contribution in [0.1, 0.15) is 40.0 Å². The first-order valence-corrected chi connectivity index (χ1v) is 7.50. The lowest BCUT2D eigenvalue weighted by atomic mass is 10.00. The fourth-order valence-corrected chi connectivity index (χ4v) is 2.46. The van der Waals surface area contributed by atoms with Crippen molar-refractivity contribution in [3.05, 3.63) is 62.6 Å². The number of aromatic nitrogens is 2. The van der Waals surface area contributed by atoms with E-state index in [0.29, 0.717) is 16.8 Å². The average Bonchev–Trinajstić information content (AvgIpc) is 2.51. The molecule has 0 aliphatic heterocycles. The minimum Gasteiger partial charge on any atom is -0.351 e. The first-order valence-electron chi connectivity index (χ1n) is 7.50. The van der Waals surface area contributed by atoms with Crippen LogP contribution in [0.15, 0.2) is 23.0 Å². The van der Waals surface area contributed by atoms with Gasteiger partial charge in [-0.25, -0.2) is 13.5 Å². The Morgan fingerprint density at radius 1 is 1.33 bits per heavy atom. The summed E-state index contributed by atoms with van der Waals surface area (Å²) in [6, 6.07) is 3.32. The fourth-order valence-electron chi connectivity index (χ4n) is 2.46. The molecule has 7 heteroatoms. The van der Waals surface area contributed by atoms with E-state index in [9.17, 15) is 18.4 Å². The number of nitrogens with zero attached hydrogens (tertiary/aromatic N) is 2. The molecule has 5 nitrogen and oxygen atoms in total. The van der Waals surface area contributed by atoms with Gasteiger partial charge in [0.25, 0.3) is 11.5 Å². The summed E-state index contributed by atoms with van der Waals surface area (Å²) in [5.41, 5.74) is 0.927. The molecule has 2 rings (SSSR count). The predicted octanol–water partition coefficient (Wildman–Crippen LogP) is 2.21. The van der Waals surface area contributed by atoms with Crippen molar-refractivity contribution in [3.8, 4) is 0 Å². The Balaban J connectivity index is 2.18. The summed E-state index contributed by atoms with van der Waals surface area (Å²) in [6.45, 7) is 5.19. The number of aryl methyl sites for hydroxylation is 2. The zero-order valence-corrected chi connectivity index (χ0v) is 14.0. The lowest BCUT2D eigenvalue weighted by Gasteiger charge is -2.15. The lowest BCUT2D eigenvalue weighted by molar-refractivity contribution is 0.0948. The molecule has 1 N–H and O–H groups in total. The Bertz CT molecular complexity index is 846. The van der Waals surface area contributed by atoms with E-state index in [1.807, 2.05) is 0 Å². The topological polar surface area (TPSA) is 64.0 Å². The minimum absolute atomic E-state index is 0.0248. The van der Waals surface area contributed by atoms with Gasteiger partial charge in [0.1, 0.15) is 17.2 Å². The minimum atomic E-state index is -0.663. The van der Waals surface area contributed by atoms with Crippen LogP contribution in [0.3, 0.4) is 0 Å². The van der Waals surface area contributed by atoms with E-state index >= 15 is 0 Å². The second kappa shape index (κ2) is 6.90.